The summed E-state index contributed by atoms with van der Waals surface area (Å²) in [7, 11) is 4.77. The first-order valence-electron chi connectivity index (χ1n) is 6.31. The molecule has 0 saturated carbocycles. The Labute approximate surface area is 122 Å². The van der Waals surface area contributed by atoms with Gasteiger partial charge in [-0.2, -0.15) is 0 Å². The van der Waals surface area contributed by atoms with Gasteiger partial charge < -0.3 is 14.0 Å². The average Bonchev–Trinajstić information content (AvgIpc) is 2.93. The third-order valence-electron chi connectivity index (χ3n) is 3.02. The van der Waals surface area contributed by atoms with Crippen LogP contribution < -0.4 is 9.47 Å². The molecule has 0 bridgehead atoms. The lowest BCUT2D eigenvalue weighted by Gasteiger charge is -2.08. The number of nitrogens with zero attached hydrogens (tertiary/aromatic N) is 2. The Morgan fingerprint density at radius 1 is 1.14 bits per heavy atom. The number of benzene rings is 1. The van der Waals surface area contributed by atoms with E-state index in [1.807, 2.05) is 0 Å². The Kier molecular flexibility index (Phi) is 4.37. The number of imidazole rings is 1. The smallest absolute Gasteiger partial charge is 0.190 e. The highest BCUT2D eigenvalue weighted by Gasteiger charge is 2.17. The van der Waals surface area contributed by atoms with Crippen molar-refractivity contribution in [1.82, 2.24) is 9.55 Å². The van der Waals surface area contributed by atoms with Crippen molar-refractivity contribution in [3.63, 3.8) is 0 Å². The molecular weight excluding hydrogens is 272 g/mol. The molecule has 2 aromatic rings. The summed E-state index contributed by atoms with van der Waals surface area (Å²) in [5.74, 6) is 0.390. The van der Waals surface area contributed by atoms with E-state index in [1.54, 1.807) is 36.0 Å². The van der Waals surface area contributed by atoms with Gasteiger partial charge >= 0.3 is 0 Å². The summed E-state index contributed by atoms with van der Waals surface area (Å²) in [6, 6.07) is 4.81. The topological polar surface area (TPSA) is 70.4 Å². The zero-order valence-corrected chi connectivity index (χ0v) is 12.1. The standard InChI is InChI=1S/C15H16N2O4/c1-17-8-11(16-9-17)13(19)7-12(18)10-4-5-14(20-2)15(6-10)21-3/h4-6,8-9H,7H2,1-3H3. The van der Waals surface area contributed by atoms with Crippen LogP contribution in [0.4, 0.5) is 0 Å². The van der Waals surface area contributed by atoms with Crippen molar-refractivity contribution in [3.05, 3.63) is 42.0 Å². The fourth-order valence-electron chi connectivity index (χ4n) is 1.90. The van der Waals surface area contributed by atoms with Crippen molar-refractivity contribution in [2.24, 2.45) is 7.05 Å². The molecular formula is C15H16N2O4. The van der Waals surface area contributed by atoms with Crippen LogP contribution in [0.15, 0.2) is 30.7 Å². The molecule has 0 aliphatic heterocycles. The quantitative estimate of drug-likeness (QED) is 0.599. The maximum Gasteiger partial charge on any atom is 0.190 e. The van der Waals surface area contributed by atoms with Crippen molar-refractivity contribution in [2.75, 3.05) is 14.2 Å². The number of hydrogen-bond acceptors (Lipinski definition) is 5. The molecule has 110 valence electrons. The maximum absolute atomic E-state index is 12.2. The van der Waals surface area contributed by atoms with Crippen molar-refractivity contribution >= 4 is 11.6 Å². The third kappa shape index (κ3) is 3.28. The Balaban J connectivity index is 2.15. The van der Waals surface area contributed by atoms with Crippen LogP contribution in [-0.4, -0.2) is 35.3 Å². The van der Waals surface area contributed by atoms with Crippen LogP contribution in [-0.2, 0) is 7.05 Å². The summed E-state index contributed by atoms with van der Waals surface area (Å²) in [6.45, 7) is 0. The van der Waals surface area contributed by atoms with Crippen LogP contribution >= 0.6 is 0 Å². The van der Waals surface area contributed by atoms with Gasteiger partial charge in [-0.25, -0.2) is 4.98 Å². The van der Waals surface area contributed by atoms with Crippen LogP contribution in [0.2, 0.25) is 0 Å². The largest absolute Gasteiger partial charge is 0.493 e. The monoisotopic (exact) mass is 288 g/mol. The lowest BCUT2D eigenvalue weighted by atomic mass is 10.0. The highest BCUT2D eigenvalue weighted by molar-refractivity contribution is 6.13. The van der Waals surface area contributed by atoms with Crippen LogP contribution in [0.25, 0.3) is 0 Å². The molecule has 1 aromatic carbocycles. The van der Waals surface area contributed by atoms with E-state index in [2.05, 4.69) is 4.98 Å². The summed E-state index contributed by atoms with van der Waals surface area (Å²) in [4.78, 5) is 28.1. The van der Waals surface area contributed by atoms with Crippen LogP contribution in [0, 0.1) is 0 Å². The second-order valence-electron chi connectivity index (χ2n) is 4.52. The minimum Gasteiger partial charge on any atom is -0.493 e. The first-order valence-corrected chi connectivity index (χ1v) is 6.31. The number of ether oxygens (including phenoxy) is 2. The Bertz CT molecular complexity index is 676. The minimum atomic E-state index is -0.310. The highest BCUT2D eigenvalue weighted by Crippen LogP contribution is 2.28. The Hall–Kier alpha value is -2.63. The van der Waals surface area contributed by atoms with Gasteiger partial charge in [-0.15, -0.1) is 0 Å². The molecule has 21 heavy (non-hydrogen) atoms. The highest BCUT2D eigenvalue weighted by atomic mass is 16.5. The number of hydrogen-bond donors (Lipinski definition) is 0. The first-order chi connectivity index (χ1) is 10.0. The predicted octanol–water partition coefficient (Wildman–Crippen LogP) is 1.89. The fourth-order valence-corrected chi connectivity index (χ4v) is 1.90. The van der Waals surface area contributed by atoms with Gasteiger partial charge in [-0.05, 0) is 18.2 Å². The molecule has 0 spiro atoms. The van der Waals surface area contributed by atoms with Gasteiger partial charge in [0.25, 0.3) is 0 Å². The summed E-state index contributed by atoms with van der Waals surface area (Å²) < 4.78 is 11.9. The lowest BCUT2D eigenvalue weighted by molar-refractivity contribution is 0.0891. The molecule has 0 atom stereocenters. The van der Waals surface area contributed by atoms with E-state index >= 15 is 0 Å². The summed E-state index contributed by atoms with van der Waals surface area (Å²) in [6.07, 6.45) is 2.88. The first kappa shape index (κ1) is 14.8. The van der Waals surface area contributed by atoms with Gasteiger partial charge in [0.15, 0.2) is 23.1 Å². The summed E-state index contributed by atoms with van der Waals surface area (Å²) in [5.41, 5.74) is 0.684. The van der Waals surface area contributed by atoms with E-state index in [0.29, 0.717) is 17.1 Å². The van der Waals surface area contributed by atoms with E-state index in [4.69, 9.17) is 9.47 Å². The zero-order chi connectivity index (χ0) is 15.4. The van der Waals surface area contributed by atoms with Gasteiger partial charge in [-0.3, -0.25) is 9.59 Å². The Morgan fingerprint density at radius 2 is 1.86 bits per heavy atom. The number of methoxy groups -OCH3 is 2. The molecule has 0 aliphatic rings. The second kappa shape index (κ2) is 6.21. The molecule has 0 amide bonds. The maximum atomic E-state index is 12.2. The number of carbonyl (C=O) groups excluding carboxylic acids is 2. The number of ketones is 2. The number of aromatic nitrogens is 2. The van der Waals surface area contributed by atoms with Crippen LogP contribution in [0.1, 0.15) is 27.3 Å². The molecule has 0 aliphatic carbocycles. The molecule has 1 aromatic heterocycles. The van der Waals surface area contributed by atoms with E-state index in [1.165, 1.54) is 20.5 Å². The van der Waals surface area contributed by atoms with Gasteiger partial charge in [0.05, 0.1) is 27.0 Å². The molecule has 2 rings (SSSR count). The third-order valence-corrected chi connectivity index (χ3v) is 3.02. The summed E-state index contributed by atoms with van der Waals surface area (Å²) in [5, 5.41) is 0. The van der Waals surface area contributed by atoms with Gasteiger partial charge in [0, 0.05) is 18.8 Å². The van der Waals surface area contributed by atoms with E-state index in [9.17, 15) is 9.59 Å². The molecule has 6 heteroatoms. The van der Waals surface area contributed by atoms with Crippen molar-refractivity contribution < 1.29 is 19.1 Å². The number of Topliss-reactive ketones (excluding diaryl/α,β-unsaturated/α-hetero) is 2. The van der Waals surface area contributed by atoms with Crippen LogP contribution in [0.5, 0.6) is 11.5 Å². The van der Waals surface area contributed by atoms with Crippen molar-refractivity contribution in [2.45, 2.75) is 6.42 Å². The minimum absolute atomic E-state index is 0.230. The number of aryl methyl sites for hydroxylation is 1. The van der Waals surface area contributed by atoms with E-state index in [-0.39, 0.29) is 23.7 Å². The molecule has 0 fully saturated rings. The molecule has 0 unspecified atom stereocenters. The van der Waals surface area contributed by atoms with E-state index < -0.39 is 0 Å². The molecule has 6 nitrogen and oxygen atoms in total. The van der Waals surface area contributed by atoms with Crippen molar-refractivity contribution in [3.8, 4) is 11.5 Å². The van der Waals surface area contributed by atoms with Gasteiger partial charge in [0.2, 0.25) is 0 Å². The number of carbonyl (C=O) groups is 2. The number of rotatable bonds is 6. The van der Waals surface area contributed by atoms with Crippen molar-refractivity contribution in [1.29, 1.82) is 0 Å². The SMILES string of the molecule is COc1ccc(C(=O)CC(=O)c2cn(C)cn2)cc1OC. The summed E-state index contributed by atoms with van der Waals surface area (Å²) >= 11 is 0. The molecule has 0 N–H and O–H groups in total. The molecule has 0 radical (unpaired) electrons. The van der Waals surface area contributed by atoms with E-state index in [0.717, 1.165) is 0 Å². The predicted molar refractivity (Wildman–Crippen MR) is 76.0 cm³/mol. The molecule has 0 saturated heterocycles. The van der Waals surface area contributed by atoms with Gasteiger partial charge in [0.1, 0.15) is 5.69 Å². The normalized spacial score (nSPS) is 10.2. The fraction of sp³-hybridized carbons (Fsp3) is 0.267. The average molecular weight is 288 g/mol. The lowest BCUT2D eigenvalue weighted by Crippen LogP contribution is -2.09. The second-order valence-corrected chi connectivity index (χ2v) is 4.52. The zero-order valence-electron chi connectivity index (χ0n) is 12.1. The molecule has 1 heterocycles. The van der Waals surface area contributed by atoms with Gasteiger partial charge in [-0.1, -0.05) is 0 Å². The Morgan fingerprint density at radius 3 is 2.43 bits per heavy atom. The van der Waals surface area contributed by atoms with Crippen LogP contribution in [0.3, 0.4) is 0 Å².